The summed E-state index contributed by atoms with van der Waals surface area (Å²) in [4.78, 5) is 24.0. The number of piperidine rings is 1. The van der Waals surface area contributed by atoms with E-state index in [0.29, 0.717) is 28.1 Å². The molecule has 156 valence electrons. The lowest BCUT2D eigenvalue weighted by atomic mass is 9.71. The summed E-state index contributed by atoms with van der Waals surface area (Å²) in [6.07, 6.45) is 8.02. The standard InChI is InChI=1S/C22H29ClN4O2/c1-14-5-4-7-22(14)8-11-27(12-9-22)20-17(13-28)25-19(15(2)24-20)16-6-10-26(3)21(29)18(16)23/h6,10,14,28H,4-5,7-9,11-13H2,1-3H3/t14-/m1/s1. The summed E-state index contributed by atoms with van der Waals surface area (Å²) < 4.78 is 1.43. The lowest BCUT2D eigenvalue weighted by molar-refractivity contribution is 0.161. The van der Waals surface area contributed by atoms with Crippen LogP contribution in [0.4, 0.5) is 5.82 Å². The summed E-state index contributed by atoms with van der Waals surface area (Å²) in [6.45, 7) is 5.96. The molecular weight excluding hydrogens is 388 g/mol. The molecule has 1 N–H and O–H groups in total. The Bertz CT molecular complexity index is 980. The lowest BCUT2D eigenvalue weighted by Gasteiger charge is -2.43. The van der Waals surface area contributed by atoms with Crippen molar-refractivity contribution in [3.63, 3.8) is 0 Å². The van der Waals surface area contributed by atoms with Crippen molar-refractivity contribution in [3.8, 4) is 11.3 Å². The third kappa shape index (κ3) is 3.46. The molecule has 0 aromatic carbocycles. The molecule has 1 aliphatic carbocycles. The fraction of sp³-hybridized carbons (Fsp3) is 0.591. The van der Waals surface area contributed by atoms with E-state index in [1.165, 1.54) is 36.7 Å². The van der Waals surface area contributed by atoms with Crippen LogP contribution in [0.1, 0.15) is 50.4 Å². The summed E-state index contributed by atoms with van der Waals surface area (Å²) in [5.41, 5.74) is 2.57. The third-order valence-corrected chi connectivity index (χ3v) is 7.52. The second-order valence-corrected chi connectivity index (χ2v) is 9.07. The number of nitrogens with zero attached hydrogens (tertiary/aromatic N) is 4. The number of aromatic nitrogens is 3. The van der Waals surface area contributed by atoms with Gasteiger partial charge in [-0.15, -0.1) is 0 Å². The molecule has 0 radical (unpaired) electrons. The van der Waals surface area contributed by atoms with Gasteiger partial charge in [-0.3, -0.25) is 4.79 Å². The summed E-state index contributed by atoms with van der Waals surface area (Å²) in [5, 5.41) is 10.1. The normalized spacial score (nSPS) is 21.1. The monoisotopic (exact) mass is 416 g/mol. The Morgan fingerprint density at radius 3 is 2.62 bits per heavy atom. The first kappa shape index (κ1) is 20.4. The third-order valence-electron chi connectivity index (χ3n) is 7.15. The average molecular weight is 417 g/mol. The van der Waals surface area contributed by atoms with E-state index in [1.54, 1.807) is 19.3 Å². The minimum Gasteiger partial charge on any atom is -0.390 e. The molecule has 1 aliphatic heterocycles. The number of aryl methyl sites for hydroxylation is 2. The maximum absolute atomic E-state index is 12.2. The maximum Gasteiger partial charge on any atom is 0.269 e. The predicted molar refractivity (Wildman–Crippen MR) is 115 cm³/mol. The van der Waals surface area contributed by atoms with Crippen molar-refractivity contribution >= 4 is 17.4 Å². The number of hydrogen-bond donors (Lipinski definition) is 1. The second kappa shape index (κ2) is 7.73. The summed E-state index contributed by atoms with van der Waals surface area (Å²) in [6, 6.07) is 1.77. The average Bonchev–Trinajstić information content (AvgIpc) is 3.07. The molecule has 6 nitrogen and oxygen atoms in total. The van der Waals surface area contributed by atoms with Gasteiger partial charge in [-0.2, -0.15) is 0 Å². The van der Waals surface area contributed by atoms with E-state index >= 15 is 0 Å². The van der Waals surface area contributed by atoms with Gasteiger partial charge in [0.2, 0.25) is 0 Å². The summed E-state index contributed by atoms with van der Waals surface area (Å²) in [7, 11) is 1.66. The highest BCUT2D eigenvalue weighted by molar-refractivity contribution is 6.33. The molecule has 2 aromatic heterocycles. The Balaban J connectivity index is 1.66. The smallest absolute Gasteiger partial charge is 0.269 e. The number of rotatable bonds is 3. The van der Waals surface area contributed by atoms with Gasteiger partial charge in [0.1, 0.15) is 10.7 Å². The van der Waals surface area contributed by atoms with Crippen LogP contribution in [0, 0.1) is 18.3 Å². The highest BCUT2D eigenvalue weighted by atomic mass is 35.5. The fourth-order valence-electron chi connectivity index (χ4n) is 5.16. The zero-order valence-electron chi connectivity index (χ0n) is 17.4. The Morgan fingerprint density at radius 2 is 2.00 bits per heavy atom. The van der Waals surface area contributed by atoms with Crippen molar-refractivity contribution in [2.45, 2.75) is 52.6 Å². The molecule has 2 aromatic rings. The van der Waals surface area contributed by atoms with Gasteiger partial charge < -0.3 is 14.6 Å². The minimum atomic E-state index is -0.271. The Kier molecular flexibility index (Phi) is 5.42. The molecule has 1 saturated carbocycles. The van der Waals surface area contributed by atoms with Gasteiger partial charge in [0.25, 0.3) is 5.56 Å². The molecule has 1 spiro atoms. The van der Waals surface area contributed by atoms with Gasteiger partial charge in [0, 0.05) is 31.9 Å². The van der Waals surface area contributed by atoms with E-state index in [2.05, 4.69) is 16.8 Å². The van der Waals surface area contributed by atoms with Gasteiger partial charge >= 0.3 is 0 Å². The molecule has 0 unspecified atom stereocenters. The zero-order valence-corrected chi connectivity index (χ0v) is 18.2. The predicted octanol–water partition coefficient (Wildman–Crippen LogP) is 3.70. The van der Waals surface area contributed by atoms with Crippen LogP contribution >= 0.6 is 11.6 Å². The van der Waals surface area contributed by atoms with Gasteiger partial charge in [0.15, 0.2) is 5.82 Å². The minimum absolute atomic E-state index is 0.124. The first-order valence-corrected chi connectivity index (χ1v) is 10.8. The number of anilines is 1. The van der Waals surface area contributed by atoms with Crippen molar-refractivity contribution in [2.75, 3.05) is 18.0 Å². The molecule has 2 aliphatic rings. The van der Waals surface area contributed by atoms with Crippen molar-refractivity contribution in [1.29, 1.82) is 0 Å². The highest BCUT2D eigenvalue weighted by Crippen LogP contribution is 2.50. The van der Waals surface area contributed by atoms with Gasteiger partial charge in [0.05, 0.1) is 18.0 Å². The van der Waals surface area contributed by atoms with Crippen LogP contribution in [0.25, 0.3) is 11.3 Å². The van der Waals surface area contributed by atoms with Crippen LogP contribution < -0.4 is 10.5 Å². The summed E-state index contributed by atoms with van der Waals surface area (Å²) >= 11 is 6.30. The molecular formula is C22H29ClN4O2. The van der Waals surface area contributed by atoms with Crippen molar-refractivity contribution in [1.82, 2.24) is 14.5 Å². The second-order valence-electron chi connectivity index (χ2n) is 8.69. The molecule has 4 rings (SSSR count). The van der Waals surface area contributed by atoms with Gasteiger partial charge in [-0.25, -0.2) is 9.97 Å². The van der Waals surface area contributed by atoms with Gasteiger partial charge in [-0.1, -0.05) is 31.4 Å². The molecule has 0 bridgehead atoms. The number of halogens is 1. The van der Waals surface area contributed by atoms with E-state index in [4.69, 9.17) is 16.6 Å². The number of aliphatic hydroxyl groups excluding tert-OH is 1. The Labute approximate surface area is 176 Å². The molecule has 1 saturated heterocycles. The highest BCUT2D eigenvalue weighted by Gasteiger charge is 2.42. The molecule has 0 amide bonds. The van der Waals surface area contributed by atoms with E-state index in [9.17, 15) is 9.90 Å². The fourth-order valence-corrected chi connectivity index (χ4v) is 5.44. The van der Waals surface area contributed by atoms with Crippen molar-refractivity contribution < 1.29 is 5.11 Å². The molecule has 2 fully saturated rings. The number of pyridine rings is 1. The largest absolute Gasteiger partial charge is 0.390 e. The van der Waals surface area contributed by atoms with Crippen LogP contribution in [0.2, 0.25) is 5.02 Å². The first-order chi connectivity index (χ1) is 13.9. The van der Waals surface area contributed by atoms with Crippen molar-refractivity contribution in [2.24, 2.45) is 18.4 Å². The van der Waals surface area contributed by atoms with E-state index in [1.807, 2.05) is 6.92 Å². The zero-order chi connectivity index (χ0) is 20.8. The first-order valence-electron chi connectivity index (χ1n) is 10.4. The van der Waals surface area contributed by atoms with E-state index in [0.717, 1.165) is 24.8 Å². The van der Waals surface area contributed by atoms with Crippen LogP contribution in [0.15, 0.2) is 17.1 Å². The quantitative estimate of drug-likeness (QED) is 0.825. The van der Waals surface area contributed by atoms with Crippen LogP contribution in [-0.2, 0) is 13.7 Å². The molecule has 1 atom stereocenters. The van der Waals surface area contributed by atoms with Crippen LogP contribution in [-0.4, -0.2) is 32.7 Å². The lowest BCUT2D eigenvalue weighted by Crippen LogP contribution is -2.42. The summed E-state index contributed by atoms with van der Waals surface area (Å²) in [5.74, 6) is 1.55. The number of aliphatic hydroxyl groups is 1. The topological polar surface area (TPSA) is 71.2 Å². The molecule has 3 heterocycles. The van der Waals surface area contributed by atoms with Gasteiger partial charge in [-0.05, 0) is 43.6 Å². The van der Waals surface area contributed by atoms with Crippen LogP contribution in [0.3, 0.4) is 0 Å². The van der Waals surface area contributed by atoms with Crippen molar-refractivity contribution in [3.05, 3.63) is 39.0 Å². The number of hydrogen-bond acceptors (Lipinski definition) is 5. The maximum atomic E-state index is 12.2. The molecule has 7 heteroatoms. The van der Waals surface area contributed by atoms with E-state index in [-0.39, 0.29) is 17.2 Å². The molecule has 29 heavy (non-hydrogen) atoms. The van der Waals surface area contributed by atoms with Crippen LogP contribution in [0.5, 0.6) is 0 Å². The SMILES string of the molecule is Cc1nc(N2CCC3(CCC[C@H]3C)CC2)c(CO)nc1-c1ccn(C)c(=O)c1Cl. The Morgan fingerprint density at radius 1 is 1.28 bits per heavy atom. The Hall–Kier alpha value is -1.92. The van der Waals surface area contributed by atoms with E-state index < -0.39 is 0 Å².